The number of esters is 1. The van der Waals surface area contributed by atoms with Gasteiger partial charge in [-0.25, -0.2) is 0 Å². The Morgan fingerprint density at radius 3 is 2.81 bits per heavy atom. The molecule has 2 aliphatic heterocycles. The molecule has 0 amide bonds. The van der Waals surface area contributed by atoms with Crippen LogP contribution < -0.4 is 5.32 Å². The molecule has 2 rings (SSSR count). The molecule has 0 aliphatic carbocycles. The number of methoxy groups -OCH3 is 1. The molecule has 2 fully saturated rings. The van der Waals surface area contributed by atoms with Crippen LogP contribution in [0.25, 0.3) is 0 Å². The van der Waals surface area contributed by atoms with E-state index in [1.54, 1.807) is 0 Å². The number of carbonyl (C=O) groups excluding carboxylic acids is 1. The highest BCUT2D eigenvalue weighted by Crippen LogP contribution is 2.46. The van der Waals surface area contributed by atoms with E-state index in [2.05, 4.69) is 24.2 Å². The number of piperidine rings is 1. The molecular formula is C12H22N2O2. The highest BCUT2D eigenvalue weighted by Gasteiger charge is 2.52. The van der Waals surface area contributed by atoms with E-state index < -0.39 is 0 Å². The minimum atomic E-state index is -0.0469. The van der Waals surface area contributed by atoms with Gasteiger partial charge in [-0.15, -0.1) is 0 Å². The SMILES string of the molecule is COC(=O)C1CNCC(C)C12CCN(C)C2. The number of rotatable bonds is 1. The summed E-state index contributed by atoms with van der Waals surface area (Å²) in [6, 6.07) is 0. The van der Waals surface area contributed by atoms with Crippen molar-refractivity contribution >= 4 is 5.97 Å². The topological polar surface area (TPSA) is 41.6 Å². The third kappa shape index (κ3) is 1.74. The predicted octanol–water partition coefficient (Wildman–Crippen LogP) is 0.337. The minimum Gasteiger partial charge on any atom is -0.469 e. The lowest BCUT2D eigenvalue weighted by atomic mass is 9.64. The molecule has 0 bridgehead atoms. The van der Waals surface area contributed by atoms with E-state index in [1.807, 2.05) is 0 Å². The van der Waals surface area contributed by atoms with E-state index in [4.69, 9.17) is 4.74 Å². The first-order valence-corrected chi connectivity index (χ1v) is 6.07. The van der Waals surface area contributed by atoms with Gasteiger partial charge >= 0.3 is 5.97 Å². The van der Waals surface area contributed by atoms with Gasteiger partial charge in [0.05, 0.1) is 13.0 Å². The van der Waals surface area contributed by atoms with Crippen molar-refractivity contribution in [2.45, 2.75) is 13.3 Å². The first-order chi connectivity index (χ1) is 7.60. The van der Waals surface area contributed by atoms with Crippen LogP contribution in [-0.2, 0) is 9.53 Å². The van der Waals surface area contributed by atoms with Gasteiger partial charge in [0.15, 0.2) is 0 Å². The van der Waals surface area contributed by atoms with Crippen molar-refractivity contribution in [3.8, 4) is 0 Å². The summed E-state index contributed by atoms with van der Waals surface area (Å²) in [6.07, 6.45) is 1.12. The van der Waals surface area contributed by atoms with Crippen molar-refractivity contribution in [2.24, 2.45) is 17.3 Å². The number of nitrogens with one attached hydrogen (secondary N) is 1. The quantitative estimate of drug-likeness (QED) is 0.655. The van der Waals surface area contributed by atoms with Gasteiger partial charge in [0, 0.05) is 18.5 Å². The third-order valence-electron chi connectivity index (χ3n) is 4.48. The molecule has 2 aliphatic rings. The Morgan fingerprint density at radius 1 is 1.50 bits per heavy atom. The van der Waals surface area contributed by atoms with Crippen LogP contribution in [0.2, 0.25) is 0 Å². The van der Waals surface area contributed by atoms with Crippen molar-refractivity contribution in [3.05, 3.63) is 0 Å². The molecule has 3 atom stereocenters. The Kier molecular flexibility index (Phi) is 3.22. The van der Waals surface area contributed by atoms with Gasteiger partial charge in [-0.05, 0) is 32.5 Å². The van der Waals surface area contributed by atoms with Crippen molar-refractivity contribution in [3.63, 3.8) is 0 Å². The molecule has 1 spiro atoms. The lowest BCUT2D eigenvalue weighted by molar-refractivity contribution is -0.153. The Balaban J connectivity index is 2.24. The molecule has 0 saturated carbocycles. The van der Waals surface area contributed by atoms with Crippen LogP contribution in [0.1, 0.15) is 13.3 Å². The molecule has 2 heterocycles. The van der Waals surface area contributed by atoms with Crippen LogP contribution in [0.15, 0.2) is 0 Å². The summed E-state index contributed by atoms with van der Waals surface area (Å²) in [7, 11) is 3.63. The second-order valence-corrected chi connectivity index (χ2v) is 5.36. The molecule has 0 aromatic carbocycles. The van der Waals surface area contributed by atoms with Gasteiger partial charge in [-0.2, -0.15) is 0 Å². The molecular weight excluding hydrogens is 204 g/mol. The second-order valence-electron chi connectivity index (χ2n) is 5.36. The van der Waals surface area contributed by atoms with Crippen LogP contribution in [-0.4, -0.2) is 51.2 Å². The normalized spacial score (nSPS) is 40.2. The summed E-state index contributed by atoms with van der Waals surface area (Å²) in [6.45, 7) is 6.15. The van der Waals surface area contributed by atoms with Crippen molar-refractivity contribution in [2.75, 3.05) is 40.3 Å². The van der Waals surface area contributed by atoms with Crippen molar-refractivity contribution < 1.29 is 9.53 Å². The second kappa shape index (κ2) is 4.34. The van der Waals surface area contributed by atoms with Crippen molar-refractivity contribution in [1.82, 2.24) is 10.2 Å². The average molecular weight is 226 g/mol. The number of hydrogen-bond acceptors (Lipinski definition) is 4. The van der Waals surface area contributed by atoms with Gasteiger partial charge < -0.3 is 15.0 Å². The van der Waals surface area contributed by atoms with E-state index >= 15 is 0 Å². The fourth-order valence-corrected chi connectivity index (χ4v) is 3.40. The number of nitrogens with zero attached hydrogens (tertiary/aromatic N) is 1. The molecule has 16 heavy (non-hydrogen) atoms. The zero-order valence-corrected chi connectivity index (χ0v) is 10.5. The van der Waals surface area contributed by atoms with Gasteiger partial charge in [0.1, 0.15) is 0 Å². The third-order valence-corrected chi connectivity index (χ3v) is 4.48. The zero-order valence-electron chi connectivity index (χ0n) is 10.5. The maximum absolute atomic E-state index is 11.9. The summed E-state index contributed by atoms with van der Waals surface area (Å²) in [4.78, 5) is 14.2. The molecule has 2 saturated heterocycles. The number of likely N-dealkylation sites (tertiary alicyclic amines) is 1. The molecule has 4 nitrogen and oxygen atoms in total. The molecule has 92 valence electrons. The van der Waals surface area contributed by atoms with E-state index in [1.165, 1.54) is 7.11 Å². The van der Waals surface area contributed by atoms with Crippen molar-refractivity contribution in [1.29, 1.82) is 0 Å². The predicted molar refractivity (Wildman–Crippen MR) is 62.1 cm³/mol. The largest absolute Gasteiger partial charge is 0.469 e. The smallest absolute Gasteiger partial charge is 0.310 e. The summed E-state index contributed by atoms with van der Waals surface area (Å²) in [5.41, 5.74) is 0.132. The minimum absolute atomic E-state index is 0.0196. The molecule has 1 N–H and O–H groups in total. The molecule has 3 unspecified atom stereocenters. The molecule has 4 heteroatoms. The van der Waals surface area contributed by atoms with Crippen LogP contribution in [0, 0.1) is 17.3 Å². The number of carbonyl (C=O) groups is 1. The fourth-order valence-electron chi connectivity index (χ4n) is 3.40. The fraction of sp³-hybridized carbons (Fsp3) is 0.917. The van der Waals surface area contributed by atoms with Crippen LogP contribution in [0.5, 0.6) is 0 Å². The van der Waals surface area contributed by atoms with Crippen LogP contribution >= 0.6 is 0 Å². The summed E-state index contributed by atoms with van der Waals surface area (Å²) < 4.78 is 4.96. The average Bonchev–Trinajstić information content (AvgIpc) is 2.65. The van der Waals surface area contributed by atoms with Gasteiger partial charge in [0.2, 0.25) is 0 Å². The van der Waals surface area contributed by atoms with Crippen LogP contribution in [0.4, 0.5) is 0 Å². The van der Waals surface area contributed by atoms with Gasteiger partial charge in [-0.3, -0.25) is 4.79 Å². The highest BCUT2D eigenvalue weighted by atomic mass is 16.5. The Labute approximate surface area is 97.3 Å². The Hall–Kier alpha value is -0.610. The summed E-state index contributed by atoms with van der Waals surface area (Å²) in [5.74, 6) is 0.510. The monoisotopic (exact) mass is 226 g/mol. The lowest BCUT2D eigenvalue weighted by Gasteiger charge is -2.45. The molecule has 0 aromatic heterocycles. The molecule has 0 radical (unpaired) electrons. The first-order valence-electron chi connectivity index (χ1n) is 6.07. The molecule has 0 aromatic rings. The standard InChI is InChI=1S/C12H22N2O2/c1-9-6-13-7-10(11(15)16-3)12(9)4-5-14(2)8-12/h9-10,13H,4-8H2,1-3H3. The maximum atomic E-state index is 11.9. The van der Waals surface area contributed by atoms with E-state index in [9.17, 15) is 4.79 Å². The maximum Gasteiger partial charge on any atom is 0.310 e. The zero-order chi connectivity index (χ0) is 11.8. The summed E-state index contributed by atoms with van der Waals surface area (Å²) in [5, 5.41) is 3.35. The Morgan fingerprint density at radius 2 is 2.25 bits per heavy atom. The lowest BCUT2D eigenvalue weighted by Crippen LogP contribution is -2.55. The highest BCUT2D eigenvalue weighted by molar-refractivity contribution is 5.74. The first kappa shape index (κ1) is 11.9. The van der Waals surface area contributed by atoms with E-state index in [0.717, 1.165) is 32.6 Å². The summed E-state index contributed by atoms with van der Waals surface area (Å²) >= 11 is 0. The van der Waals surface area contributed by atoms with Gasteiger partial charge in [0.25, 0.3) is 0 Å². The van der Waals surface area contributed by atoms with E-state index in [0.29, 0.717) is 5.92 Å². The Bertz CT molecular complexity index is 282. The number of ether oxygens (including phenoxy) is 1. The van der Waals surface area contributed by atoms with E-state index in [-0.39, 0.29) is 17.3 Å². The number of hydrogen-bond donors (Lipinski definition) is 1. The van der Waals surface area contributed by atoms with Crippen LogP contribution in [0.3, 0.4) is 0 Å². The van der Waals surface area contributed by atoms with Gasteiger partial charge in [-0.1, -0.05) is 6.92 Å².